The Hall–Kier alpha value is -0.340. The molecule has 0 aromatic carbocycles. The zero-order valence-corrected chi connectivity index (χ0v) is 6.45. The van der Waals surface area contributed by atoms with E-state index in [0.29, 0.717) is 5.17 Å². The molecule has 0 saturated carbocycles. The maximum absolute atomic E-state index is 5.44. The third-order valence-corrected chi connectivity index (χ3v) is 1.11. The van der Waals surface area contributed by atoms with E-state index in [4.69, 9.17) is 23.2 Å². The molecule has 0 aromatic rings. The van der Waals surface area contributed by atoms with Crippen molar-refractivity contribution in [3.63, 3.8) is 0 Å². The van der Waals surface area contributed by atoms with Crippen LogP contribution in [0.4, 0.5) is 0 Å². The molecule has 0 atom stereocenters. The van der Waals surface area contributed by atoms with Crippen LogP contribution in [0.3, 0.4) is 0 Å². The van der Waals surface area contributed by atoms with Crippen molar-refractivity contribution in [2.75, 3.05) is 7.05 Å². The smallest absolute Gasteiger partial charge is 0.131 e. The summed E-state index contributed by atoms with van der Waals surface area (Å²) in [6, 6.07) is 0. The van der Waals surface area contributed by atoms with Crippen LogP contribution in [0.1, 0.15) is 0 Å². The van der Waals surface area contributed by atoms with Crippen molar-refractivity contribution < 1.29 is 0 Å². The number of halogens is 2. The Morgan fingerprint density at radius 2 is 2.11 bits per heavy atom. The lowest BCUT2D eigenvalue weighted by atomic mass is 10.6. The average Bonchev–Trinajstić information content (AvgIpc) is 1.87. The normalized spacial score (nSPS) is 13.7. The van der Waals surface area contributed by atoms with Crippen molar-refractivity contribution in [2.45, 2.75) is 0 Å². The van der Waals surface area contributed by atoms with Crippen LogP contribution in [0.15, 0.2) is 21.2 Å². The second-order valence-corrected chi connectivity index (χ2v) is 1.95. The number of nitrogens with zero attached hydrogens (tertiary/aromatic N) is 2. The molecule has 0 fully saturated rings. The van der Waals surface area contributed by atoms with Crippen molar-refractivity contribution in [1.82, 2.24) is 0 Å². The summed E-state index contributed by atoms with van der Waals surface area (Å²) >= 11 is 10.8. The predicted molar refractivity (Wildman–Crippen MR) is 42.7 cm³/mol. The molecule has 0 N–H and O–H groups in total. The van der Waals surface area contributed by atoms with E-state index in [1.165, 1.54) is 6.08 Å². The van der Waals surface area contributed by atoms with Gasteiger partial charge < -0.3 is 0 Å². The Labute approximate surface area is 63.9 Å². The molecular formula is C5H6Cl2N2. The van der Waals surface area contributed by atoms with E-state index in [1.807, 2.05) is 0 Å². The molecule has 0 aliphatic heterocycles. The lowest BCUT2D eigenvalue weighted by Crippen LogP contribution is -1.78. The summed E-state index contributed by atoms with van der Waals surface area (Å²) in [5, 5.41) is 0.554. The van der Waals surface area contributed by atoms with Crippen LogP contribution < -0.4 is 0 Å². The molecular weight excluding hydrogens is 159 g/mol. The summed E-state index contributed by atoms with van der Waals surface area (Å²) in [7, 11) is 1.56. The highest BCUT2D eigenvalue weighted by molar-refractivity contribution is 6.68. The second-order valence-electron chi connectivity index (χ2n) is 1.17. The van der Waals surface area contributed by atoms with E-state index in [1.54, 1.807) is 7.05 Å². The van der Waals surface area contributed by atoms with Gasteiger partial charge in [-0.2, -0.15) is 0 Å². The van der Waals surface area contributed by atoms with Crippen LogP contribution in [-0.4, -0.2) is 18.9 Å². The first kappa shape index (κ1) is 8.66. The SMILES string of the molecule is C=N/C(Cl)=C\C(Cl)=NC. The maximum atomic E-state index is 5.44. The predicted octanol–water partition coefficient (Wildman–Crippen LogP) is 2.03. The average molecular weight is 165 g/mol. The summed E-state index contributed by atoms with van der Waals surface area (Å²) in [4.78, 5) is 7.00. The largest absolute Gasteiger partial charge is 0.276 e. The lowest BCUT2D eigenvalue weighted by Gasteiger charge is -1.84. The molecule has 0 spiro atoms. The van der Waals surface area contributed by atoms with E-state index in [9.17, 15) is 0 Å². The molecule has 0 rings (SSSR count). The Morgan fingerprint density at radius 1 is 1.56 bits per heavy atom. The fourth-order valence-electron chi connectivity index (χ4n) is 0.208. The monoisotopic (exact) mass is 164 g/mol. The zero-order valence-electron chi connectivity index (χ0n) is 4.93. The highest BCUT2D eigenvalue weighted by Crippen LogP contribution is 2.02. The van der Waals surface area contributed by atoms with Crippen molar-refractivity contribution in [1.29, 1.82) is 0 Å². The van der Waals surface area contributed by atoms with E-state index >= 15 is 0 Å². The Morgan fingerprint density at radius 3 is 2.44 bits per heavy atom. The summed E-state index contributed by atoms with van der Waals surface area (Å²) in [6.07, 6.45) is 1.41. The zero-order chi connectivity index (χ0) is 7.28. The number of allylic oxidation sites excluding steroid dienone is 1. The Kier molecular flexibility index (Phi) is 4.36. The molecule has 0 saturated heterocycles. The molecule has 0 bridgehead atoms. The summed E-state index contributed by atoms with van der Waals surface area (Å²) in [5.41, 5.74) is 0. The molecule has 0 amide bonds. The fourth-order valence-corrected chi connectivity index (χ4v) is 0.471. The van der Waals surface area contributed by atoms with Crippen molar-refractivity contribution in [2.24, 2.45) is 9.98 Å². The van der Waals surface area contributed by atoms with Gasteiger partial charge in [-0.15, -0.1) is 0 Å². The molecule has 0 heterocycles. The number of hydrogen-bond acceptors (Lipinski definition) is 2. The van der Waals surface area contributed by atoms with Gasteiger partial charge >= 0.3 is 0 Å². The molecule has 50 valence electrons. The van der Waals surface area contributed by atoms with E-state index < -0.39 is 0 Å². The second kappa shape index (κ2) is 4.53. The minimum Gasteiger partial charge on any atom is -0.276 e. The van der Waals surface area contributed by atoms with Crippen LogP contribution in [0.25, 0.3) is 0 Å². The lowest BCUT2D eigenvalue weighted by molar-refractivity contribution is 1.46. The van der Waals surface area contributed by atoms with Crippen molar-refractivity contribution >= 4 is 35.1 Å². The molecule has 0 aliphatic rings. The standard InChI is InChI=1S/C5H6Cl2N2/c1-8-4(6)3-5(7)9-2/h3H,1H2,2H3/b4-3-,9-5?. The molecule has 2 nitrogen and oxygen atoms in total. The highest BCUT2D eigenvalue weighted by atomic mass is 35.5. The molecule has 9 heavy (non-hydrogen) atoms. The Balaban J connectivity index is 4.11. The van der Waals surface area contributed by atoms with Crippen LogP contribution in [0.2, 0.25) is 0 Å². The van der Waals surface area contributed by atoms with Gasteiger partial charge in [-0.3, -0.25) is 9.98 Å². The van der Waals surface area contributed by atoms with Crippen LogP contribution in [0, 0.1) is 0 Å². The van der Waals surface area contributed by atoms with Gasteiger partial charge in [-0.1, -0.05) is 23.2 Å². The fraction of sp³-hybridized carbons (Fsp3) is 0.200. The third-order valence-electron chi connectivity index (χ3n) is 0.603. The van der Waals surface area contributed by atoms with Gasteiger partial charge in [0.25, 0.3) is 0 Å². The van der Waals surface area contributed by atoms with E-state index in [0.717, 1.165) is 0 Å². The van der Waals surface area contributed by atoms with Gasteiger partial charge in [0.05, 0.1) is 0 Å². The van der Waals surface area contributed by atoms with Gasteiger partial charge in [-0.05, 0) is 6.72 Å². The molecule has 0 aliphatic carbocycles. The first-order valence-corrected chi connectivity index (χ1v) is 2.92. The van der Waals surface area contributed by atoms with Crippen LogP contribution >= 0.6 is 23.2 Å². The van der Waals surface area contributed by atoms with Gasteiger partial charge in [0.1, 0.15) is 10.3 Å². The number of rotatable bonds is 2. The minimum atomic E-state index is 0.241. The first-order chi connectivity index (χ1) is 4.20. The third kappa shape index (κ3) is 4.18. The highest BCUT2D eigenvalue weighted by Gasteiger charge is 1.87. The molecule has 4 heteroatoms. The molecule has 0 radical (unpaired) electrons. The maximum Gasteiger partial charge on any atom is 0.131 e. The van der Waals surface area contributed by atoms with Gasteiger partial charge in [0.2, 0.25) is 0 Å². The summed E-state index contributed by atoms with van der Waals surface area (Å²) < 4.78 is 0. The Bertz CT molecular complexity index is 160. The van der Waals surface area contributed by atoms with Crippen LogP contribution in [-0.2, 0) is 0 Å². The van der Waals surface area contributed by atoms with Gasteiger partial charge in [-0.25, -0.2) is 0 Å². The number of aliphatic imine (C=N–C) groups is 2. The van der Waals surface area contributed by atoms with Crippen molar-refractivity contribution in [3.05, 3.63) is 11.2 Å². The van der Waals surface area contributed by atoms with E-state index in [-0.39, 0.29) is 5.16 Å². The molecule has 0 unspecified atom stereocenters. The summed E-state index contributed by atoms with van der Waals surface area (Å²) in [6.45, 7) is 3.18. The van der Waals surface area contributed by atoms with E-state index in [2.05, 4.69) is 16.7 Å². The topological polar surface area (TPSA) is 24.7 Å². The van der Waals surface area contributed by atoms with Crippen molar-refractivity contribution in [3.8, 4) is 0 Å². The van der Waals surface area contributed by atoms with Crippen LogP contribution in [0.5, 0.6) is 0 Å². The summed E-state index contributed by atoms with van der Waals surface area (Å²) in [5.74, 6) is 0. The van der Waals surface area contributed by atoms with Gasteiger partial charge in [0.15, 0.2) is 0 Å². The quantitative estimate of drug-likeness (QED) is 0.441. The first-order valence-electron chi connectivity index (χ1n) is 2.17. The number of hydrogen-bond donors (Lipinski definition) is 0. The minimum absolute atomic E-state index is 0.241. The molecule has 0 aromatic heterocycles. The van der Waals surface area contributed by atoms with Gasteiger partial charge in [0, 0.05) is 13.1 Å².